The summed E-state index contributed by atoms with van der Waals surface area (Å²) < 4.78 is 5.17. The Bertz CT molecular complexity index is 741. The molecule has 0 bridgehead atoms. The number of hydrazone groups is 1. The van der Waals surface area contributed by atoms with Crippen molar-refractivity contribution in [1.29, 1.82) is 0 Å². The van der Waals surface area contributed by atoms with Gasteiger partial charge in [-0.2, -0.15) is 5.10 Å². The average molecular weight is 385 g/mol. The van der Waals surface area contributed by atoms with E-state index in [0.29, 0.717) is 13.0 Å². The minimum Gasteiger partial charge on any atom is -0.453 e. The summed E-state index contributed by atoms with van der Waals surface area (Å²) in [5.41, 5.74) is 1.87. The highest BCUT2D eigenvalue weighted by Gasteiger charge is 2.25. The number of amides is 2. The van der Waals surface area contributed by atoms with Crippen LogP contribution in [0.2, 0.25) is 0 Å². The van der Waals surface area contributed by atoms with Gasteiger partial charge in [-0.1, -0.05) is 43.2 Å². The van der Waals surface area contributed by atoms with Gasteiger partial charge in [-0.15, -0.1) is 0 Å². The number of nitrogens with one attached hydrogen (secondary N) is 1. The fraction of sp³-hybridized carbons (Fsp3) is 0.524. The number of hydrogen-bond acceptors (Lipinski definition) is 5. The molecular weight excluding hydrogens is 358 g/mol. The van der Waals surface area contributed by atoms with Crippen molar-refractivity contribution in [2.45, 2.75) is 64.0 Å². The average Bonchev–Trinajstić information content (AvgIpc) is 3.39. The van der Waals surface area contributed by atoms with Gasteiger partial charge < -0.3 is 10.1 Å². The number of ether oxygens (including phenoxy) is 1. The molecule has 1 aliphatic heterocycles. The number of esters is 1. The number of carbonyl (C=O) groups is 3. The molecule has 0 radical (unpaired) electrons. The van der Waals surface area contributed by atoms with Gasteiger partial charge in [0.2, 0.25) is 5.91 Å². The van der Waals surface area contributed by atoms with Crippen molar-refractivity contribution in [1.82, 2.24) is 10.3 Å². The highest BCUT2D eigenvalue weighted by molar-refractivity contribution is 6.02. The molecule has 2 aliphatic rings. The molecule has 7 nitrogen and oxygen atoms in total. The fourth-order valence-corrected chi connectivity index (χ4v) is 3.51. The lowest BCUT2D eigenvalue weighted by Gasteiger charge is -2.17. The molecule has 1 aromatic rings. The van der Waals surface area contributed by atoms with E-state index >= 15 is 0 Å². The van der Waals surface area contributed by atoms with Gasteiger partial charge in [-0.3, -0.25) is 14.4 Å². The molecule has 1 aromatic carbocycles. The maximum atomic E-state index is 12.3. The molecule has 7 heteroatoms. The number of nitrogens with zero attached hydrogens (tertiary/aromatic N) is 2. The first kappa shape index (κ1) is 20.0. The second kappa shape index (κ2) is 9.48. The zero-order valence-electron chi connectivity index (χ0n) is 16.2. The normalized spacial score (nSPS) is 17.9. The largest absolute Gasteiger partial charge is 0.453 e. The molecule has 1 saturated carbocycles. The summed E-state index contributed by atoms with van der Waals surface area (Å²) in [6, 6.07) is 9.90. The molecule has 1 aliphatic carbocycles. The van der Waals surface area contributed by atoms with E-state index in [2.05, 4.69) is 10.4 Å². The van der Waals surface area contributed by atoms with Crippen LogP contribution in [0.5, 0.6) is 0 Å². The Hall–Kier alpha value is -2.70. The van der Waals surface area contributed by atoms with E-state index in [-0.39, 0.29) is 30.7 Å². The predicted octanol–water partition coefficient (Wildman–Crippen LogP) is 2.39. The van der Waals surface area contributed by atoms with E-state index in [1.807, 2.05) is 30.3 Å². The standard InChI is InChI=1S/C21H27N3O4/c1-15(21(27)22-17-9-5-6-10-17)28-20(26)12-11-19(25)24-14-13-18(23-24)16-7-3-2-4-8-16/h2-4,7-8,15,17H,5-6,9-14H2,1H3,(H,22,27)/t15-/m1/s1. The Labute approximate surface area is 165 Å². The lowest BCUT2D eigenvalue weighted by Crippen LogP contribution is -2.40. The van der Waals surface area contributed by atoms with Crippen LogP contribution >= 0.6 is 0 Å². The maximum Gasteiger partial charge on any atom is 0.307 e. The van der Waals surface area contributed by atoms with Crippen LogP contribution in [0.4, 0.5) is 0 Å². The molecule has 150 valence electrons. The lowest BCUT2D eigenvalue weighted by atomic mass is 10.1. The second-order valence-corrected chi connectivity index (χ2v) is 7.30. The minimum atomic E-state index is -0.849. The van der Waals surface area contributed by atoms with Crippen molar-refractivity contribution in [2.75, 3.05) is 6.54 Å². The fourth-order valence-electron chi connectivity index (χ4n) is 3.51. The number of hydrogen-bond donors (Lipinski definition) is 1. The summed E-state index contributed by atoms with van der Waals surface area (Å²) in [6.07, 6.45) is 3.98. The third-order valence-corrected chi connectivity index (χ3v) is 5.12. The highest BCUT2D eigenvalue weighted by Crippen LogP contribution is 2.18. The summed E-state index contributed by atoms with van der Waals surface area (Å²) in [6.45, 7) is 2.07. The summed E-state index contributed by atoms with van der Waals surface area (Å²) in [7, 11) is 0. The van der Waals surface area contributed by atoms with Crippen molar-refractivity contribution in [3.05, 3.63) is 35.9 Å². The molecule has 1 heterocycles. The van der Waals surface area contributed by atoms with Gasteiger partial charge in [0.15, 0.2) is 6.10 Å². The smallest absolute Gasteiger partial charge is 0.307 e. The first-order valence-corrected chi connectivity index (χ1v) is 9.96. The van der Waals surface area contributed by atoms with Crippen LogP contribution in [0.1, 0.15) is 57.4 Å². The topological polar surface area (TPSA) is 88.1 Å². The molecule has 0 aromatic heterocycles. The summed E-state index contributed by atoms with van der Waals surface area (Å²) in [4.78, 5) is 36.4. The predicted molar refractivity (Wildman–Crippen MR) is 104 cm³/mol. The minimum absolute atomic E-state index is 0.0152. The molecule has 3 rings (SSSR count). The first-order chi connectivity index (χ1) is 13.5. The molecule has 0 saturated heterocycles. The third-order valence-electron chi connectivity index (χ3n) is 5.12. The molecular formula is C21H27N3O4. The van der Waals surface area contributed by atoms with E-state index in [0.717, 1.165) is 37.0 Å². The molecule has 2 amide bonds. The van der Waals surface area contributed by atoms with Crippen molar-refractivity contribution >= 4 is 23.5 Å². The highest BCUT2D eigenvalue weighted by atomic mass is 16.5. The van der Waals surface area contributed by atoms with Crippen molar-refractivity contribution in [3.63, 3.8) is 0 Å². The van der Waals surface area contributed by atoms with Crippen LogP contribution in [0, 0.1) is 0 Å². The van der Waals surface area contributed by atoms with Crippen molar-refractivity contribution < 1.29 is 19.1 Å². The van der Waals surface area contributed by atoms with Gasteiger partial charge in [0, 0.05) is 18.9 Å². The summed E-state index contributed by atoms with van der Waals surface area (Å²) in [5, 5.41) is 8.68. The van der Waals surface area contributed by atoms with Gasteiger partial charge in [0.25, 0.3) is 5.91 Å². The van der Waals surface area contributed by atoms with E-state index in [1.165, 1.54) is 5.01 Å². The van der Waals surface area contributed by atoms with Gasteiger partial charge in [0.1, 0.15) is 0 Å². The molecule has 1 atom stereocenters. The molecule has 1 fully saturated rings. The van der Waals surface area contributed by atoms with Crippen LogP contribution in [-0.4, -0.2) is 47.2 Å². The third kappa shape index (κ3) is 5.41. The molecule has 0 unspecified atom stereocenters. The molecule has 28 heavy (non-hydrogen) atoms. The van der Waals surface area contributed by atoms with Gasteiger partial charge >= 0.3 is 5.97 Å². The van der Waals surface area contributed by atoms with E-state index in [1.54, 1.807) is 6.92 Å². The Kier molecular flexibility index (Phi) is 6.79. The maximum absolute atomic E-state index is 12.3. The van der Waals surface area contributed by atoms with Gasteiger partial charge in [0.05, 0.1) is 18.7 Å². The van der Waals surface area contributed by atoms with Crippen LogP contribution in [0.3, 0.4) is 0 Å². The summed E-state index contributed by atoms with van der Waals surface area (Å²) >= 11 is 0. The van der Waals surface area contributed by atoms with Crippen LogP contribution in [0.15, 0.2) is 35.4 Å². The number of benzene rings is 1. The Morgan fingerprint density at radius 3 is 2.61 bits per heavy atom. The second-order valence-electron chi connectivity index (χ2n) is 7.30. The van der Waals surface area contributed by atoms with E-state index in [4.69, 9.17) is 4.74 Å². The zero-order chi connectivity index (χ0) is 19.9. The van der Waals surface area contributed by atoms with Crippen molar-refractivity contribution in [2.24, 2.45) is 5.10 Å². The SMILES string of the molecule is C[C@@H](OC(=O)CCC(=O)N1CCC(c2ccccc2)=N1)C(=O)NC1CCCC1. The van der Waals surface area contributed by atoms with Crippen LogP contribution in [0.25, 0.3) is 0 Å². The van der Waals surface area contributed by atoms with Crippen molar-refractivity contribution in [3.8, 4) is 0 Å². The van der Waals surface area contributed by atoms with Gasteiger partial charge in [-0.25, -0.2) is 5.01 Å². The zero-order valence-corrected chi connectivity index (χ0v) is 16.2. The van der Waals surface area contributed by atoms with E-state index < -0.39 is 12.1 Å². The quantitative estimate of drug-likeness (QED) is 0.730. The Morgan fingerprint density at radius 1 is 1.18 bits per heavy atom. The van der Waals surface area contributed by atoms with Gasteiger partial charge in [-0.05, 0) is 25.3 Å². The van der Waals surface area contributed by atoms with Crippen LogP contribution < -0.4 is 5.32 Å². The monoisotopic (exact) mass is 385 g/mol. The van der Waals surface area contributed by atoms with Crippen LogP contribution in [-0.2, 0) is 19.1 Å². The Morgan fingerprint density at radius 2 is 1.89 bits per heavy atom. The molecule has 1 N–H and O–H groups in total. The number of rotatable bonds is 7. The lowest BCUT2D eigenvalue weighted by molar-refractivity contribution is -0.156. The first-order valence-electron chi connectivity index (χ1n) is 9.96. The Balaban J connectivity index is 1.41. The number of carbonyl (C=O) groups excluding carboxylic acids is 3. The molecule has 0 spiro atoms. The summed E-state index contributed by atoms with van der Waals surface area (Å²) in [5.74, 6) is -1.04. The van der Waals surface area contributed by atoms with E-state index in [9.17, 15) is 14.4 Å².